The lowest BCUT2D eigenvalue weighted by Crippen LogP contribution is -2.59. The largest absolute Gasteiger partial charge is 0.480 e. The van der Waals surface area contributed by atoms with Gasteiger partial charge in [0.15, 0.2) is 0 Å². The number of benzene rings is 1. The van der Waals surface area contributed by atoms with E-state index < -0.39 is 40.7 Å². The van der Waals surface area contributed by atoms with E-state index in [1.165, 1.54) is 6.92 Å². The van der Waals surface area contributed by atoms with Crippen molar-refractivity contribution in [3.05, 3.63) is 35.4 Å². The van der Waals surface area contributed by atoms with Gasteiger partial charge in [-0.25, -0.2) is 0 Å². The Hall–Kier alpha value is -2.55. The van der Waals surface area contributed by atoms with Crippen LogP contribution in [0, 0.1) is 5.92 Å². The second-order valence-electron chi connectivity index (χ2n) is 8.72. The second kappa shape index (κ2) is 8.53. The first-order valence-electron chi connectivity index (χ1n) is 10.4. The highest BCUT2D eigenvalue weighted by Gasteiger charge is 2.57. The molecule has 0 aliphatic carbocycles. The molecule has 1 aromatic rings. The van der Waals surface area contributed by atoms with Crippen LogP contribution in [0.2, 0.25) is 0 Å². The average Bonchev–Trinajstić information content (AvgIpc) is 3.14. The number of carboxylic acids is 1. The summed E-state index contributed by atoms with van der Waals surface area (Å²) in [5, 5.41) is 14.1. The maximum atomic E-state index is 13.4. The SMILES string of the molecule is CCC(C)[C@H](NC(=O)[C@H]1N2C(=O)c3ccccc3C2SC1(C)C)C(=O)N[C@H](C)C(=O)O. The monoisotopic (exact) mass is 447 g/mol. The number of amides is 3. The molecule has 5 atom stereocenters. The number of carbonyl (C=O) groups excluding carboxylic acids is 3. The third-order valence-corrected chi connectivity index (χ3v) is 7.60. The molecule has 0 radical (unpaired) electrons. The van der Waals surface area contributed by atoms with Gasteiger partial charge >= 0.3 is 5.97 Å². The minimum Gasteiger partial charge on any atom is -0.480 e. The molecule has 2 heterocycles. The summed E-state index contributed by atoms with van der Waals surface area (Å²) in [5.74, 6) is -2.52. The number of fused-ring (bicyclic) bond motifs is 3. The number of hydrogen-bond donors (Lipinski definition) is 3. The Kier molecular flexibility index (Phi) is 6.36. The first-order valence-corrected chi connectivity index (χ1v) is 11.3. The fraction of sp³-hybridized carbons (Fsp3) is 0.545. The molecule has 31 heavy (non-hydrogen) atoms. The van der Waals surface area contributed by atoms with Gasteiger partial charge in [0.2, 0.25) is 11.8 Å². The lowest BCUT2D eigenvalue weighted by Gasteiger charge is -2.32. The van der Waals surface area contributed by atoms with Crippen molar-refractivity contribution in [1.82, 2.24) is 15.5 Å². The zero-order valence-electron chi connectivity index (χ0n) is 18.3. The van der Waals surface area contributed by atoms with Gasteiger partial charge in [0.1, 0.15) is 23.5 Å². The van der Waals surface area contributed by atoms with E-state index in [0.29, 0.717) is 12.0 Å². The summed E-state index contributed by atoms with van der Waals surface area (Å²) >= 11 is 1.55. The molecule has 0 saturated carbocycles. The first kappa shape index (κ1) is 23.1. The van der Waals surface area contributed by atoms with E-state index in [0.717, 1.165) is 5.56 Å². The highest BCUT2D eigenvalue weighted by atomic mass is 32.2. The van der Waals surface area contributed by atoms with Gasteiger partial charge < -0.3 is 20.6 Å². The van der Waals surface area contributed by atoms with Crippen LogP contribution in [0.3, 0.4) is 0 Å². The molecule has 3 amide bonds. The molecule has 168 valence electrons. The highest BCUT2D eigenvalue weighted by Crippen LogP contribution is 2.56. The Labute approximate surface area is 186 Å². The average molecular weight is 448 g/mol. The van der Waals surface area contributed by atoms with Crippen LogP contribution in [-0.4, -0.2) is 56.6 Å². The van der Waals surface area contributed by atoms with Crippen molar-refractivity contribution in [3.8, 4) is 0 Å². The molecule has 0 spiro atoms. The predicted molar refractivity (Wildman–Crippen MR) is 117 cm³/mol. The van der Waals surface area contributed by atoms with Crippen molar-refractivity contribution < 1.29 is 24.3 Å². The quantitative estimate of drug-likeness (QED) is 0.590. The molecule has 1 aromatic carbocycles. The molecule has 0 aromatic heterocycles. The van der Waals surface area contributed by atoms with E-state index in [-0.39, 0.29) is 17.2 Å². The lowest BCUT2D eigenvalue weighted by atomic mass is 9.95. The van der Waals surface area contributed by atoms with E-state index in [2.05, 4.69) is 10.6 Å². The van der Waals surface area contributed by atoms with Gasteiger partial charge in [-0.2, -0.15) is 0 Å². The third kappa shape index (κ3) is 4.15. The Morgan fingerprint density at radius 2 is 1.84 bits per heavy atom. The molecule has 0 bridgehead atoms. The molecular weight excluding hydrogens is 418 g/mol. The normalized spacial score (nSPS) is 24.0. The van der Waals surface area contributed by atoms with Crippen molar-refractivity contribution in [3.63, 3.8) is 0 Å². The van der Waals surface area contributed by atoms with Crippen LogP contribution in [0.15, 0.2) is 24.3 Å². The summed E-state index contributed by atoms with van der Waals surface area (Å²) in [5.41, 5.74) is 1.49. The standard InChI is InChI=1S/C22H29N3O5S/c1-6-11(2)15(17(26)23-12(3)21(29)30)24-18(27)16-22(4,5)31-20-14-10-8-7-9-13(14)19(28)25(16)20/h7-12,15-16,20H,6H2,1-5H3,(H,23,26)(H,24,27)(H,29,30)/t11?,12-,15+,16-,20?/m1/s1. The van der Waals surface area contributed by atoms with E-state index in [4.69, 9.17) is 5.11 Å². The minimum absolute atomic E-state index is 0.192. The van der Waals surface area contributed by atoms with Crippen LogP contribution in [-0.2, 0) is 14.4 Å². The number of nitrogens with zero attached hydrogens (tertiary/aromatic N) is 1. The van der Waals surface area contributed by atoms with Gasteiger partial charge in [0.25, 0.3) is 5.91 Å². The molecule has 3 rings (SSSR count). The summed E-state index contributed by atoms with van der Waals surface area (Å²) in [4.78, 5) is 52.0. The van der Waals surface area contributed by atoms with Crippen LogP contribution in [0.1, 0.15) is 62.3 Å². The summed E-state index contributed by atoms with van der Waals surface area (Å²) < 4.78 is -0.567. The van der Waals surface area contributed by atoms with Crippen LogP contribution in [0.25, 0.3) is 0 Å². The van der Waals surface area contributed by atoms with Gasteiger partial charge in [-0.15, -0.1) is 11.8 Å². The Balaban J connectivity index is 1.85. The number of carbonyl (C=O) groups is 4. The van der Waals surface area contributed by atoms with Gasteiger partial charge in [-0.3, -0.25) is 19.2 Å². The molecule has 1 fully saturated rings. The van der Waals surface area contributed by atoms with Crippen molar-refractivity contribution in [2.24, 2.45) is 5.92 Å². The minimum atomic E-state index is -1.15. The smallest absolute Gasteiger partial charge is 0.325 e. The topological polar surface area (TPSA) is 116 Å². The molecule has 9 heteroatoms. The molecule has 1 saturated heterocycles. The van der Waals surface area contributed by atoms with Crippen LogP contribution in [0.5, 0.6) is 0 Å². The number of aliphatic carboxylic acids is 1. The van der Waals surface area contributed by atoms with Crippen molar-refractivity contribution >= 4 is 35.5 Å². The fourth-order valence-electron chi connectivity index (χ4n) is 4.10. The van der Waals surface area contributed by atoms with Gasteiger partial charge in [0.05, 0.1) is 0 Å². The van der Waals surface area contributed by atoms with Crippen LogP contribution < -0.4 is 10.6 Å². The summed E-state index contributed by atoms with van der Waals surface area (Å²) in [6, 6.07) is 4.61. The first-order chi connectivity index (χ1) is 14.5. The molecule has 8 nitrogen and oxygen atoms in total. The Morgan fingerprint density at radius 3 is 2.45 bits per heavy atom. The molecular formula is C22H29N3O5S. The highest BCUT2D eigenvalue weighted by molar-refractivity contribution is 8.01. The maximum absolute atomic E-state index is 13.4. The van der Waals surface area contributed by atoms with E-state index in [1.54, 1.807) is 28.8 Å². The lowest BCUT2D eigenvalue weighted by molar-refractivity contribution is -0.142. The Morgan fingerprint density at radius 1 is 1.19 bits per heavy atom. The van der Waals surface area contributed by atoms with Crippen LogP contribution in [0.4, 0.5) is 0 Å². The number of rotatable bonds is 7. The number of thioether (sulfide) groups is 1. The molecule has 2 aliphatic heterocycles. The van der Waals surface area contributed by atoms with Crippen molar-refractivity contribution in [1.29, 1.82) is 0 Å². The molecule has 2 unspecified atom stereocenters. The van der Waals surface area contributed by atoms with Gasteiger partial charge in [-0.1, -0.05) is 38.5 Å². The number of carboxylic acid groups (broad SMARTS) is 1. The second-order valence-corrected chi connectivity index (χ2v) is 10.5. The van der Waals surface area contributed by atoms with E-state index in [1.807, 2.05) is 39.8 Å². The van der Waals surface area contributed by atoms with Gasteiger partial charge in [-0.05, 0) is 38.3 Å². The van der Waals surface area contributed by atoms with E-state index in [9.17, 15) is 19.2 Å². The molecule has 2 aliphatic rings. The summed E-state index contributed by atoms with van der Waals surface area (Å²) in [6.45, 7) is 8.92. The summed E-state index contributed by atoms with van der Waals surface area (Å²) in [6.07, 6.45) is 0.610. The van der Waals surface area contributed by atoms with Gasteiger partial charge in [0, 0.05) is 10.3 Å². The third-order valence-electron chi connectivity index (χ3n) is 6.07. The predicted octanol–water partition coefficient (Wildman–Crippen LogP) is 2.16. The summed E-state index contributed by atoms with van der Waals surface area (Å²) in [7, 11) is 0. The van der Waals surface area contributed by atoms with Crippen molar-refractivity contribution in [2.45, 2.75) is 69.3 Å². The number of nitrogens with one attached hydrogen (secondary N) is 2. The zero-order chi connectivity index (χ0) is 23.1. The van der Waals surface area contributed by atoms with E-state index >= 15 is 0 Å². The zero-order valence-corrected chi connectivity index (χ0v) is 19.2. The number of hydrogen-bond acceptors (Lipinski definition) is 5. The van der Waals surface area contributed by atoms with Crippen LogP contribution >= 0.6 is 11.8 Å². The fourth-order valence-corrected chi connectivity index (χ4v) is 5.69. The maximum Gasteiger partial charge on any atom is 0.325 e. The Bertz CT molecular complexity index is 918. The van der Waals surface area contributed by atoms with Crippen molar-refractivity contribution in [2.75, 3.05) is 0 Å². The molecule has 3 N–H and O–H groups in total.